The number of hydrogen-bond donors (Lipinski definition) is 1. The zero-order valence-electron chi connectivity index (χ0n) is 12.4. The van der Waals surface area contributed by atoms with Crippen molar-refractivity contribution in [1.29, 1.82) is 0 Å². The Labute approximate surface area is 107 Å². The molecule has 1 aliphatic heterocycles. The Bertz CT molecular complexity index is 218. The van der Waals surface area contributed by atoms with Crippen molar-refractivity contribution in [3.05, 3.63) is 0 Å². The molecule has 1 atom stereocenters. The Morgan fingerprint density at radius 1 is 1.29 bits per heavy atom. The highest BCUT2D eigenvalue weighted by Gasteiger charge is 2.37. The van der Waals surface area contributed by atoms with Gasteiger partial charge in [-0.1, -0.05) is 13.8 Å². The molecule has 1 saturated heterocycles. The third kappa shape index (κ3) is 3.94. The van der Waals surface area contributed by atoms with Gasteiger partial charge in [0.05, 0.1) is 0 Å². The van der Waals surface area contributed by atoms with Gasteiger partial charge in [-0.05, 0) is 71.4 Å². The number of nitrogens with zero attached hydrogens (tertiary/aromatic N) is 2. The van der Waals surface area contributed by atoms with Crippen LogP contribution in [0.15, 0.2) is 0 Å². The van der Waals surface area contributed by atoms with Gasteiger partial charge in [0.15, 0.2) is 0 Å². The molecule has 1 heterocycles. The first kappa shape index (κ1) is 14.9. The Balaban J connectivity index is 2.71. The number of hydrogen-bond acceptors (Lipinski definition) is 3. The van der Waals surface area contributed by atoms with Crippen LogP contribution in [0.3, 0.4) is 0 Å². The number of piperidine rings is 1. The van der Waals surface area contributed by atoms with Crippen molar-refractivity contribution >= 4 is 0 Å². The van der Waals surface area contributed by atoms with E-state index in [0.717, 1.165) is 18.9 Å². The average Bonchev–Trinajstić information content (AvgIpc) is 2.20. The molecule has 0 saturated carbocycles. The fraction of sp³-hybridized carbons (Fsp3) is 1.00. The van der Waals surface area contributed by atoms with Crippen LogP contribution in [0.4, 0.5) is 0 Å². The monoisotopic (exact) mass is 241 g/mol. The predicted molar refractivity (Wildman–Crippen MR) is 75.1 cm³/mol. The van der Waals surface area contributed by atoms with Crippen LogP contribution in [-0.2, 0) is 0 Å². The van der Waals surface area contributed by atoms with Gasteiger partial charge in [0.1, 0.15) is 0 Å². The molecule has 0 aromatic heterocycles. The summed E-state index contributed by atoms with van der Waals surface area (Å²) in [7, 11) is 6.68. The third-order valence-electron chi connectivity index (χ3n) is 4.36. The van der Waals surface area contributed by atoms with Crippen molar-refractivity contribution in [3.63, 3.8) is 0 Å². The first-order chi connectivity index (χ1) is 7.88. The highest BCUT2D eigenvalue weighted by Crippen LogP contribution is 2.36. The number of nitrogens with two attached hydrogens (primary N) is 1. The smallest absolute Gasteiger partial charge is 0.0170 e. The average molecular weight is 241 g/mol. The molecule has 0 aromatic carbocycles. The van der Waals surface area contributed by atoms with Crippen LogP contribution in [-0.4, -0.2) is 56.6 Å². The molecule has 0 bridgehead atoms. The molecule has 1 aliphatic rings. The van der Waals surface area contributed by atoms with E-state index >= 15 is 0 Å². The van der Waals surface area contributed by atoms with Crippen LogP contribution in [0, 0.1) is 11.3 Å². The summed E-state index contributed by atoms with van der Waals surface area (Å²) >= 11 is 0. The lowest BCUT2D eigenvalue weighted by Crippen LogP contribution is -2.50. The molecule has 0 aromatic rings. The lowest BCUT2D eigenvalue weighted by Gasteiger charge is -2.46. The molecular formula is C14H31N3. The van der Waals surface area contributed by atoms with Gasteiger partial charge < -0.3 is 15.5 Å². The molecule has 102 valence electrons. The summed E-state index contributed by atoms with van der Waals surface area (Å²) in [5.41, 5.74) is 6.10. The van der Waals surface area contributed by atoms with E-state index in [1.807, 2.05) is 0 Å². The summed E-state index contributed by atoms with van der Waals surface area (Å²) < 4.78 is 0. The largest absolute Gasteiger partial charge is 0.330 e. The maximum Gasteiger partial charge on any atom is 0.0170 e. The standard InChI is InChI=1S/C14H31N3/c1-14(2,8-9-15)13(16(3)4)12-6-10-17(5)11-7-12/h12-13H,6-11,15H2,1-5H3. The Kier molecular flexibility index (Phi) is 5.42. The molecule has 1 unspecified atom stereocenters. The van der Waals surface area contributed by atoms with Crippen molar-refractivity contribution in [1.82, 2.24) is 9.80 Å². The normalized spacial score (nSPS) is 22.1. The minimum Gasteiger partial charge on any atom is -0.330 e. The molecule has 0 amide bonds. The van der Waals surface area contributed by atoms with E-state index in [2.05, 4.69) is 44.8 Å². The van der Waals surface area contributed by atoms with Gasteiger partial charge in [0, 0.05) is 6.04 Å². The topological polar surface area (TPSA) is 32.5 Å². The highest BCUT2D eigenvalue weighted by molar-refractivity contribution is 4.91. The summed E-state index contributed by atoms with van der Waals surface area (Å²) in [6.45, 7) is 8.04. The van der Waals surface area contributed by atoms with Gasteiger partial charge in [0.2, 0.25) is 0 Å². The third-order valence-corrected chi connectivity index (χ3v) is 4.36. The minimum atomic E-state index is 0.318. The molecule has 1 rings (SSSR count). The van der Waals surface area contributed by atoms with E-state index in [1.54, 1.807) is 0 Å². The van der Waals surface area contributed by atoms with Crippen LogP contribution < -0.4 is 5.73 Å². The van der Waals surface area contributed by atoms with Crippen LogP contribution in [0.1, 0.15) is 33.1 Å². The SMILES string of the molecule is CN1CCC(C(N(C)C)C(C)(C)CCN)CC1. The van der Waals surface area contributed by atoms with Crippen LogP contribution in [0.5, 0.6) is 0 Å². The van der Waals surface area contributed by atoms with E-state index in [0.29, 0.717) is 11.5 Å². The highest BCUT2D eigenvalue weighted by atomic mass is 15.1. The van der Waals surface area contributed by atoms with Gasteiger partial charge in [-0.3, -0.25) is 0 Å². The Morgan fingerprint density at radius 2 is 1.82 bits per heavy atom. The van der Waals surface area contributed by atoms with Gasteiger partial charge in [-0.25, -0.2) is 0 Å². The second-order valence-corrected chi connectivity index (χ2v) is 6.58. The fourth-order valence-electron chi connectivity index (χ4n) is 3.62. The van der Waals surface area contributed by atoms with Crippen molar-refractivity contribution in [2.75, 3.05) is 40.8 Å². The Hall–Kier alpha value is -0.120. The van der Waals surface area contributed by atoms with Crippen molar-refractivity contribution < 1.29 is 0 Å². The first-order valence-corrected chi connectivity index (χ1v) is 6.93. The van der Waals surface area contributed by atoms with Crippen LogP contribution >= 0.6 is 0 Å². The molecule has 3 heteroatoms. The molecule has 0 spiro atoms. The number of likely N-dealkylation sites (tertiary alicyclic amines) is 1. The van der Waals surface area contributed by atoms with Crippen LogP contribution in [0.25, 0.3) is 0 Å². The molecule has 0 radical (unpaired) electrons. The second kappa shape index (κ2) is 6.17. The summed E-state index contributed by atoms with van der Waals surface area (Å²) in [5, 5.41) is 0. The van der Waals surface area contributed by atoms with Gasteiger partial charge >= 0.3 is 0 Å². The number of rotatable bonds is 5. The van der Waals surface area contributed by atoms with Crippen molar-refractivity contribution in [2.45, 2.75) is 39.2 Å². The van der Waals surface area contributed by atoms with E-state index in [9.17, 15) is 0 Å². The summed E-state index contributed by atoms with van der Waals surface area (Å²) in [6, 6.07) is 0.653. The fourth-order valence-corrected chi connectivity index (χ4v) is 3.62. The molecular weight excluding hydrogens is 210 g/mol. The van der Waals surface area contributed by atoms with Crippen LogP contribution in [0.2, 0.25) is 0 Å². The van der Waals surface area contributed by atoms with E-state index in [1.165, 1.54) is 25.9 Å². The summed E-state index contributed by atoms with van der Waals surface area (Å²) in [6.07, 6.45) is 3.77. The van der Waals surface area contributed by atoms with Gasteiger partial charge in [0.25, 0.3) is 0 Å². The summed E-state index contributed by atoms with van der Waals surface area (Å²) in [4.78, 5) is 4.87. The predicted octanol–water partition coefficient (Wildman–Crippen LogP) is 1.63. The lowest BCUT2D eigenvalue weighted by molar-refractivity contribution is 0.0429. The van der Waals surface area contributed by atoms with E-state index < -0.39 is 0 Å². The van der Waals surface area contributed by atoms with E-state index in [-0.39, 0.29) is 0 Å². The minimum absolute atomic E-state index is 0.318. The molecule has 1 fully saturated rings. The second-order valence-electron chi connectivity index (χ2n) is 6.58. The van der Waals surface area contributed by atoms with Gasteiger partial charge in [-0.2, -0.15) is 0 Å². The zero-order valence-corrected chi connectivity index (χ0v) is 12.4. The Morgan fingerprint density at radius 3 is 2.24 bits per heavy atom. The quantitative estimate of drug-likeness (QED) is 0.794. The molecule has 17 heavy (non-hydrogen) atoms. The maximum atomic E-state index is 5.78. The molecule has 3 nitrogen and oxygen atoms in total. The van der Waals surface area contributed by atoms with Crippen molar-refractivity contribution in [3.8, 4) is 0 Å². The lowest BCUT2D eigenvalue weighted by atomic mass is 9.71. The van der Waals surface area contributed by atoms with Crippen molar-refractivity contribution in [2.24, 2.45) is 17.1 Å². The van der Waals surface area contributed by atoms with E-state index in [4.69, 9.17) is 5.73 Å². The summed E-state index contributed by atoms with van der Waals surface area (Å²) in [5.74, 6) is 0.822. The maximum absolute atomic E-state index is 5.78. The zero-order chi connectivity index (χ0) is 13.1. The molecule has 0 aliphatic carbocycles. The van der Waals surface area contributed by atoms with Gasteiger partial charge in [-0.15, -0.1) is 0 Å². The first-order valence-electron chi connectivity index (χ1n) is 6.93. The molecule has 2 N–H and O–H groups in total.